The number of hydrogen-bond acceptors (Lipinski definition) is 6. The van der Waals surface area contributed by atoms with Crippen LogP contribution in [0.1, 0.15) is 5.56 Å². The second-order valence-corrected chi connectivity index (χ2v) is 5.42. The molecule has 0 aliphatic carbocycles. The summed E-state index contributed by atoms with van der Waals surface area (Å²) in [7, 11) is 4.33. The third-order valence-corrected chi connectivity index (χ3v) is 3.60. The maximum absolute atomic E-state index is 13.6. The van der Waals surface area contributed by atoms with Gasteiger partial charge in [0, 0.05) is 11.8 Å². The molecule has 0 saturated heterocycles. The van der Waals surface area contributed by atoms with Crippen LogP contribution in [0.25, 0.3) is 0 Å². The Morgan fingerprint density at radius 1 is 0.926 bits per heavy atom. The van der Waals surface area contributed by atoms with E-state index in [2.05, 4.69) is 5.32 Å². The number of carbonyl (C=O) groups is 2. The van der Waals surface area contributed by atoms with Gasteiger partial charge < -0.3 is 24.3 Å². The van der Waals surface area contributed by atoms with Crippen molar-refractivity contribution in [2.45, 2.75) is 6.42 Å². The number of anilines is 1. The van der Waals surface area contributed by atoms with Crippen molar-refractivity contribution in [3.63, 3.8) is 0 Å². The standard InChI is InChI=1S/C19H20FNO6/c1-24-15-6-4-12(8-14(15)20)9-19(23)27-11-18(22)21-13-5-7-16(25-2)17(10-13)26-3/h4-8,10H,9,11H2,1-3H3,(H,21,22). The lowest BCUT2D eigenvalue weighted by Crippen LogP contribution is -2.21. The van der Waals surface area contributed by atoms with Gasteiger partial charge >= 0.3 is 5.97 Å². The van der Waals surface area contributed by atoms with Gasteiger partial charge in [0.15, 0.2) is 29.7 Å². The summed E-state index contributed by atoms with van der Waals surface area (Å²) in [4.78, 5) is 23.8. The number of methoxy groups -OCH3 is 3. The summed E-state index contributed by atoms with van der Waals surface area (Å²) in [6.07, 6.45) is -0.162. The Morgan fingerprint density at radius 2 is 1.59 bits per heavy atom. The molecule has 8 heteroatoms. The summed E-state index contributed by atoms with van der Waals surface area (Å²) in [5, 5.41) is 2.58. The van der Waals surface area contributed by atoms with Crippen LogP contribution in [0.2, 0.25) is 0 Å². The predicted octanol–water partition coefficient (Wildman–Crippen LogP) is 2.58. The molecule has 27 heavy (non-hydrogen) atoms. The fourth-order valence-corrected chi connectivity index (χ4v) is 2.29. The molecule has 0 aliphatic rings. The van der Waals surface area contributed by atoms with Gasteiger partial charge in [-0.05, 0) is 29.8 Å². The van der Waals surface area contributed by atoms with Crippen molar-refractivity contribution < 1.29 is 32.9 Å². The van der Waals surface area contributed by atoms with Gasteiger partial charge in [-0.15, -0.1) is 0 Å². The van der Waals surface area contributed by atoms with Crippen molar-refractivity contribution in [3.05, 3.63) is 47.8 Å². The minimum atomic E-state index is -0.651. The smallest absolute Gasteiger partial charge is 0.310 e. The molecule has 0 spiro atoms. The van der Waals surface area contributed by atoms with E-state index >= 15 is 0 Å². The Kier molecular flexibility index (Phi) is 6.99. The predicted molar refractivity (Wildman–Crippen MR) is 95.8 cm³/mol. The van der Waals surface area contributed by atoms with Crippen LogP contribution in [-0.2, 0) is 20.7 Å². The van der Waals surface area contributed by atoms with Gasteiger partial charge in [-0.2, -0.15) is 0 Å². The van der Waals surface area contributed by atoms with E-state index in [1.807, 2.05) is 0 Å². The van der Waals surface area contributed by atoms with E-state index in [9.17, 15) is 14.0 Å². The Hall–Kier alpha value is -3.29. The molecule has 0 bridgehead atoms. The number of carbonyl (C=O) groups excluding carboxylic acids is 2. The van der Waals surface area contributed by atoms with Gasteiger partial charge in [0.2, 0.25) is 0 Å². The largest absolute Gasteiger partial charge is 0.494 e. The SMILES string of the molecule is COc1ccc(CC(=O)OCC(=O)Nc2ccc(OC)c(OC)c2)cc1F. The van der Waals surface area contributed by atoms with Gasteiger partial charge in [-0.3, -0.25) is 9.59 Å². The van der Waals surface area contributed by atoms with Gasteiger partial charge in [0.05, 0.1) is 27.8 Å². The molecule has 7 nitrogen and oxygen atoms in total. The highest BCUT2D eigenvalue weighted by atomic mass is 19.1. The highest BCUT2D eigenvalue weighted by Gasteiger charge is 2.12. The zero-order valence-electron chi connectivity index (χ0n) is 15.2. The number of benzene rings is 2. The molecular formula is C19H20FNO6. The second kappa shape index (κ2) is 9.42. The van der Waals surface area contributed by atoms with E-state index in [4.69, 9.17) is 18.9 Å². The first-order valence-corrected chi connectivity index (χ1v) is 7.96. The molecule has 0 atom stereocenters. The van der Waals surface area contributed by atoms with Gasteiger partial charge in [-0.25, -0.2) is 4.39 Å². The Labute approximate surface area is 156 Å². The van der Waals surface area contributed by atoms with E-state index in [1.165, 1.54) is 33.5 Å². The van der Waals surface area contributed by atoms with Crippen molar-refractivity contribution in [1.29, 1.82) is 0 Å². The second-order valence-electron chi connectivity index (χ2n) is 5.42. The minimum absolute atomic E-state index is 0.0846. The fourth-order valence-electron chi connectivity index (χ4n) is 2.29. The first-order chi connectivity index (χ1) is 13.0. The van der Waals surface area contributed by atoms with Crippen LogP contribution in [0.5, 0.6) is 17.2 Å². The molecule has 0 aliphatic heterocycles. The number of rotatable bonds is 8. The summed E-state index contributed by atoms with van der Waals surface area (Å²) < 4.78 is 33.6. The normalized spacial score (nSPS) is 10.1. The van der Waals surface area contributed by atoms with Crippen LogP contribution >= 0.6 is 0 Å². The molecule has 0 saturated carbocycles. The molecule has 2 aromatic carbocycles. The first-order valence-electron chi connectivity index (χ1n) is 7.96. The molecule has 1 amide bonds. The van der Waals surface area contributed by atoms with E-state index in [-0.39, 0.29) is 12.2 Å². The first kappa shape index (κ1) is 20.0. The topological polar surface area (TPSA) is 83.1 Å². The number of amides is 1. The molecule has 144 valence electrons. The monoisotopic (exact) mass is 377 g/mol. The van der Waals surface area contributed by atoms with Crippen LogP contribution in [0, 0.1) is 5.82 Å². The third kappa shape index (κ3) is 5.60. The summed E-state index contributed by atoms with van der Waals surface area (Å²) >= 11 is 0. The quantitative estimate of drug-likeness (QED) is 0.712. The Balaban J connectivity index is 1.86. The zero-order chi connectivity index (χ0) is 19.8. The lowest BCUT2D eigenvalue weighted by Gasteiger charge is -2.11. The molecule has 1 N–H and O–H groups in total. The van der Waals surface area contributed by atoms with Crippen LogP contribution in [0.15, 0.2) is 36.4 Å². The highest BCUT2D eigenvalue weighted by molar-refractivity contribution is 5.93. The van der Waals surface area contributed by atoms with Gasteiger partial charge in [0.25, 0.3) is 5.91 Å². The van der Waals surface area contributed by atoms with Crippen LogP contribution in [0.3, 0.4) is 0 Å². The van der Waals surface area contributed by atoms with Gasteiger partial charge in [-0.1, -0.05) is 6.07 Å². The molecule has 2 rings (SSSR count). The summed E-state index contributed by atoms with van der Waals surface area (Å²) in [5.74, 6) is -0.684. The molecule has 0 aromatic heterocycles. The van der Waals surface area contributed by atoms with Crippen LogP contribution in [-0.4, -0.2) is 39.8 Å². The van der Waals surface area contributed by atoms with Crippen molar-refractivity contribution in [2.75, 3.05) is 33.3 Å². The lowest BCUT2D eigenvalue weighted by molar-refractivity contribution is -0.146. The van der Waals surface area contributed by atoms with Crippen molar-refractivity contribution >= 4 is 17.6 Å². The van der Waals surface area contributed by atoms with Crippen molar-refractivity contribution in [1.82, 2.24) is 0 Å². The van der Waals surface area contributed by atoms with E-state index in [1.54, 1.807) is 24.3 Å². The zero-order valence-corrected chi connectivity index (χ0v) is 15.2. The number of esters is 1. The third-order valence-electron chi connectivity index (χ3n) is 3.60. The minimum Gasteiger partial charge on any atom is -0.494 e. The molecule has 0 heterocycles. The summed E-state index contributed by atoms with van der Waals surface area (Å²) in [6.45, 7) is -0.466. The average Bonchev–Trinajstić information content (AvgIpc) is 2.66. The fraction of sp³-hybridized carbons (Fsp3) is 0.263. The van der Waals surface area contributed by atoms with E-state index in [0.29, 0.717) is 22.7 Å². The van der Waals surface area contributed by atoms with Crippen LogP contribution < -0.4 is 19.5 Å². The van der Waals surface area contributed by atoms with E-state index in [0.717, 1.165) is 0 Å². The molecule has 0 radical (unpaired) electrons. The maximum atomic E-state index is 13.6. The Bertz CT molecular complexity index is 824. The molecule has 0 fully saturated rings. The van der Waals surface area contributed by atoms with Crippen LogP contribution in [0.4, 0.5) is 10.1 Å². The number of nitrogens with one attached hydrogen (secondary N) is 1. The summed E-state index contributed by atoms with van der Waals surface area (Å²) in [6, 6.07) is 9.00. The summed E-state index contributed by atoms with van der Waals surface area (Å²) in [5.41, 5.74) is 0.879. The molecule has 2 aromatic rings. The molecule has 0 unspecified atom stereocenters. The number of ether oxygens (including phenoxy) is 4. The average molecular weight is 377 g/mol. The van der Waals surface area contributed by atoms with E-state index < -0.39 is 24.3 Å². The van der Waals surface area contributed by atoms with Crippen molar-refractivity contribution in [3.8, 4) is 17.2 Å². The Morgan fingerprint density at radius 3 is 2.22 bits per heavy atom. The van der Waals surface area contributed by atoms with Gasteiger partial charge in [0.1, 0.15) is 0 Å². The lowest BCUT2D eigenvalue weighted by atomic mass is 10.1. The maximum Gasteiger partial charge on any atom is 0.310 e. The number of halogens is 1. The number of hydrogen-bond donors (Lipinski definition) is 1. The molecular weight excluding hydrogens is 357 g/mol. The van der Waals surface area contributed by atoms with Crippen molar-refractivity contribution in [2.24, 2.45) is 0 Å². The highest BCUT2D eigenvalue weighted by Crippen LogP contribution is 2.29.